The van der Waals surface area contributed by atoms with Gasteiger partial charge in [-0.05, 0) is 0 Å². The number of amides is 1. The van der Waals surface area contributed by atoms with E-state index in [9.17, 15) is 4.79 Å². The summed E-state index contributed by atoms with van der Waals surface area (Å²) in [5, 5.41) is 11.3. The van der Waals surface area contributed by atoms with Gasteiger partial charge in [0.2, 0.25) is 9.70 Å². The van der Waals surface area contributed by atoms with E-state index in [-0.39, 0.29) is 12.3 Å². The van der Waals surface area contributed by atoms with Crippen molar-refractivity contribution in [1.29, 1.82) is 0 Å². The number of halogens is 3. The third kappa shape index (κ3) is 4.69. The number of carbonyl (C=O) groups is 1. The molecular formula is C5H8Cl3NO2. The second-order valence-corrected chi connectivity index (χ2v) is 4.30. The highest BCUT2D eigenvalue weighted by Gasteiger charge is 2.32. The quantitative estimate of drug-likeness (QED) is 0.678. The number of aliphatic hydroxyl groups excluding tert-OH is 1. The topological polar surface area (TPSA) is 49.3 Å². The van der Waals surface area contributed by atoms with E-state index in [1.165, 1.54) is 7.05 Å². The van der Waals surface area contributed by atoms with E-state index in [1.54, 1.807) is 0 Å². The molecule has 0 saturated heterocycles. The highest BCUT2D eigenvalue weighted by Crippen LogP contribution is 2.31. The van der Waals surface area contributed by atoms with Gasteiger partial charge >= 0.3 is 0 Å². The van der Waals surface area contributed by atoms with Gasteiger partial charge in [-0.25, -0.2) is 0 Å². The summed E-state index contributed by atoms with van der Waals surface area (Å²) in [6, 6.07) is 0. The van der Waals surface area contributed by atoms with Crippen LogP contribution in [0.5, 0.6) is 0 Å². The van der Waals surface area contributed by atoms with Crippen LogP contribution in [0.4, 0.5) is 0 Å². The van der Waals surface area contributed by atoms with Gasteiger partial charge in [0, 0.05) is 7.05 Å². The molecule has 0 aromatic heterocycles. The van der Waals surface area contributed by atoms with Crippen LogP contribution < -0.4 is 5.32 Å². The molecule has 0 rings (SSSR count). The summed E-state index contributed by atoms with van der Waals surface area (Å²) in [5.41, 5.74) is 0. The molecule has 6 heteroatoms. The first-order valence-corrected chi connectivity index (χ1v) is 3.96. The minimum Gasteiger partial charge on any atom is -0.388 e. The van der Waals surface area contributed by atoms with Crippen LogP contribution in [0, 0.1) is 0 Å². The Kier molecular flexibility index (Phi) is 4.48. The Morgan fingerprint density at radius 1 is 1.64 bits per heavy atom. The maximum absolute atomic E-state index is 10.6. The molecule has 0 aromatic rings. The number of aliphatic hydroxyl groups is 1. The predicted molar refractivity (Wildman–Crippen MR) is 45.0 cm³/mol. The third-order valence-corrected chi connectivity index (χ3v) is 1.79. The zero-order valence-electron chi connectivity index (χ0n) is 5.77. The lowest BCUT2D eigenvalue weighted by Gasteiger charge is -2.17. The van der Waals surface area contributed by atoms with Crippen molar-refractivity contribution in [3.63, 3.8) is 0 Å². The van der Waals surface area contributed by atoms with Gasteiger partial charge in [-0.1, -0.05) is 34.8 Å². The zero-order valence-corrected chi connectivity index (χ0v) is 8.04. The molecule has 2 N–H and O–H groups in total. The zero-order chi connectivity index (χ0) is 9.07. The van der Waals surface area contributed by atoms with Gasteiger partial charge < -0.3 is 10.4 Å². The van der Waals surface area contributed by atoms with Crippen molar-refractivity contribution >= 4 is 40.7 Å². The van der Waals surface area contributed by atoms with E-state index in [0.29, 0.717) is 0 Å². The smallest absolute Gasteiger partial charge is 0.222 e. The fourth-order valence-corrected chi connectivity index (χ4v) is 0.625. The Bertz CT molecular complexity index is 145. The van der Waals surface area contributed by atoms with Crippen molar-refractivity contribution in [3.05, 3.63) is 0 Å². The summed E-state index contributed by atoms with van der Waals surface area (Å²) >= 11 is 15.9. The average molecular weight is 220 g/mol. The average Bonchev–Trinajstić information content (AvgIpc) is 1.85. The highest BCUT2D eigenvalue weighted by molar-refractivity contribution is 6.68. The van der Waals surface area contributed by atoms with Crippen molar-refractivity contribution in [2.75, 3.05) is 7.05 Å². The highest BCUT2D eigenvalue weighted by atomic mass is 35.6. The lowest BCUT2D eigenvalue weighted by molar-refractivity contribution is -0.122. The molecule has 1 atom stereocenters. The SMILES string of the molecule is CNC(=O)CC(O)C(Cl)(Cl)Cl. The molecule has 0 aliphatic rings. The molecule has 0 aliphatic heterocycles. The Morgan fingerprint density at radius 3 is 2.36 bits per heavy atom. The van der Waals surface area contributed by atoms with E-state index >= 15 is 0 Å². The van der Waals surface area contributed by atoms with E-state index in [1.807, 2.05) is 0 Å². The molecule has 66 valence electrons. The summed E-state index contributed by atoms with van der Waals surface area (Å²) in [6.07, 6.45) is -1.49. The van der Waals surface area contributed by atoms with Gasteiger partial charge in [-0.3, -0.25) is 4.79 Å². The second-order valence-electron chi connectivity index (χ2n) is 1.93. The Morgan fingerprint density at radius 2 is 2.09 bits per heavy atom. The van der Waals surface area contributed by atoms with E-state index < -0.39 is 9.90 Å². The first-order valence-electron chi connectivity index (χ1n) is 2.83. The van der Waals surface area contributed by atoms with Crippen LogP contribution in [0.25, 0.3) is 0 Å². The standard InChI is InChI=1S/C5H8Cl3NO2/c1-9-4(11)2-3(10)5(6,7)8/h3,10H,2H2,1H3,(H,9,11). The lowest BCUT2D eigenvalue weighted by atomic mass is 10.3. The second kappa shape index (κ2) is 4.36. The minimum absolute atomic E-state index is 0.215. The van der Waals surface area contributed by atoms with E-state index in [4.69, 9.17) is 39.9 Å². The molecule has 0 heterocycles. The van der Waals surface area contributed by atoms with Gasteiger partial charge in [-0.2, -0.15) is 0 Å². The van der Waals surface area contributed by atoms with Crippen molar-refractivity contribution in [2.45, 2.75) is 16.3 Å². The van der Waals surface area contributed by atoms with Gasteiger partial charge in [0.05, 0.1) is 6.42 Å². The molecular weight excluding hydrogens is 212 g/mol. The summed E-state index contributed by atoms with van der Waals surface area (Å²) in [5.74, 6) is -0.371. The number of carbonyl (C=O) groups excluding carboxylic acids is 1. The van der Waals surface area contributed by atoms with Gasteiger partial charge in [0.15, 0.2) is 0 Å². The van der Waals surface area contributed by atoms with Gasteiger partial charge in [0.25, 0.3) is 0 Å². The van der Waals surface area contributed by atoms with Crippen LogP contribution in [0.3, 0.4) is 0 Å². The van der Waals surface area contributed by atoms with Crippen molar-refractivity contribution in [3.8, 4) is 0 Å². The van der Waals surface area contributed by atoms with Crippen molar-refractivity contribution < 1.29 is 9.90 Å². The molecule has 11 heavy (non-hydrogen) atoms. The Labute approximate surface area is 79.6 Å². The van der Waals surface area contributed by atoms with Crippen LogP contribution in [0.15, 0.2) is 0 Å². The number of hydrogen-bond donors (Lipinski definition) is 2. The number of alkyl halides is 3. The summed E-state index contributed by atoms with van der Waals surface area (Å²) in [7, 11) is 1.44. The van der Waals surface area contributed by atoms with E-state index in [0.717, 1.165) is 0 Å². The van der Waals surface area contributed by atoms with Crippen molar-refractivity contribution in [2.24, 2.45) is 0 Å². The number of nitrogens with one attached hydrogen (secondary N) is 1. The fraction of sp³-hybridized carbons (Fsp3) is 0.800. The van der Waals surface area contributed by atoms with E-state index in [2.05, 4.69) is 5.32 Å². The predicted octanol–water partition coefficient (Wildman–Crippen LogP) is 0.854. The largest absolute Gasteiger partial charge is 0.388 e. The number of rotatable bonds is 2. The minimum atomic E-state index is -1.80. The molecule has 3 nitrogen and oxygen atoms in total. The van der Waals surface area contributed by atoms with Gasteiger partial charge in [-0.15, -0.1) is 0 Å². The number of hydrogen-bond acceptors (Lipinski definition) is 2. The summed E-state index contributed by atoms with van der Waals surface area (Å²) in [6.45, 7) is 0. The van der Waals surface area contributed by atoms with Crippen LogP contribution in [-0.2, 0) is 4.79 Å². The molecule has 1 amide bonds. The molecule has 0 radical (unpaired) electrons. The fourth-order valence-electron chi connectivity index (χ4n) is 0.393. The summed E-state index contributed by atoms with van der Waals surface area (Å²) < 4.78 is -1.80. The summed E-state index contributed by atoms with van der Waals surface area (Å²) in [4.78, 5) is 10.6. The van der Waals surface area contributed by atoms with Crippen molar-refractivity contribution in [1.82, 2.24) is 5.32 Å². The molecule has 1 unspecified atom stereocenters. The first kappa shape index (κ1) is 11.3. The monoisotopic (exact) mass is 219 g/mol. The van der Waals surface area contributed by atoms with Crippen LogP contribution in [-0.4, -0.2) is 28.0 Å². The van der Waals surface area contributed by atoms with Gasteiger partial charge in [0.1, 0.15) is 6.10 Å². The molecule has 0 bridgehead atoms. The Hall–Kier alpha value is 0.300. The Balaban J connectivity index is 3.87. The molecule has 0 aromatic carbocycles. The third-order valence-electron chi connectivity index (χ3n) is 1.04. The van der Waals surface area contributed by atoms with Crippen LogP contribution >= 0.6 is 34.8 Å². The first-order chi connectivity index (χ1) is 4.88. The normalized spacial score (nSPS) is 14.3. The van der Waals surface area contributed by atoms with Crippen LogP contribution in [0.1, 0.15) is 6.42 Å². The maximum Gasteiger partial charge on any atom is 0.222 e. The lowest BCUT2D eigenvalue weighted by Crippen LogP contribution is -2.32. The maximum atomic E-state index is 10.6. The van der Waals surface area contributed by atoms with Crippen LogP contribution in [0.2, 0.25) is 0 Å². The molecule has 0 fully saturated rings. The molecule has 0 saturated carbocycles. The molecule has 0 aliphatic carbocycles. The molecule has 0 spiro atoms.